The second kappa shape index (κ2) is 11.3. The summed E-state index contributed by atoms with van der Waals surface area (Å²) in [5, 5.41) is 12.9. The van der Waals surface area contributed by atoms with E-state index in [9.17, 15) is 10.1 Å². The second-order valence-electron chi connectivity index (χ2n) is 10.1. The van der Waals surface area contributed by atoms with E-state index in [1.165, 1.54) is 0 Å². The van der Waals surface area contributed by atoms with Crippen molar-refractivity contribution in [3.8, 4) is 6.07 Å². The molecule has 188 valence electrons. The molecular formula is C24H39N7O3. The van der Waals surface area contributed by atoms with E-state index >= 15 is 0 Å². The molecule has 3 rings (SSSR count). The number of nitrogens with zero attached hydrogens (tertiary/aromatic N) is 6. The van der Waals surface area contributed by atoms with E-state index < -0.39 is 5.60 Å². The number of carbonyl (C=O) groups excluding carboxylic acids is 1. The first-order valence-electron chi connectivity index (χ1n) is 12.1. The molecule has 1 aromatic heterocycles. The Labute approximate surface area is 203 Å². The molecule has 2 atom stereocenters. The Morgan fingerprint density at radius 2 is 2.09 bits per heavy atom. The van der Waals surface area contributed by atoms with Gasteiger partial charge in [0.25, 0.3) is 0 Å². The summed E-state index contributed by atoms with van der Waals surface area (Å²) in [6.07, 6.45) is 0.473. The minimum atomic E-state index is -0.584. The molecule has 1 saturated heterocycles. The van der Waals surface area contributed by atoms with E-state index in [0.717, 1.165) is 30.0 Å². The molecule has 3 heterocycles. The fourth-order valence-electron chi connectivity index (χ4n) is 4.39. The van der Waals surface area contributed by atoms with Crippen LogP contribution in [0, 0.1) is 11.3 Å². The van der Waals surface area contributed by atoms with Crippen LogP contribution in [0.3, 0.4) is 0 Å². The molecule has 10 heteroatoms. The Morgan fingerprint density at radius 3 is 2.74 bits per heavy atom. The van der Waals surface area contributed by atoms with Crippen LogP contribution in [-0.4, -0.2) is 90.9 Å². The summed E-state index contributed by atoms with van der Waals surface area (Å²) in [4.78, 5) is 28.7. The number of carbonyl (C=O) groups is 1. The van der Waals surface area contributed by atoms with Crippen molar-refractivity contribution in [2.45, 2.75) is 64.8 Å². The Bertz CT molecular complexity index is 894. The van der Waals surface area contributed by atoms with Crippen LogP contribution in [0.1, 0.15) is 57.3 Å². The van der Waals surface area contributed by atoms with Crippen molar-refractivity contribution in [2.24, 2.45) is 0 Å². The molecule has 0 spiro atoms. The normalized spacial score (nSPS) is 19.5. The van der Waals surface area contributed by atoms with Crippen LogP contribution in [0.5, 0.6) is 0 Å². The van der Waals surface area contributed by atoms with Crippen molar-refractivity contribution in [2.75, 3.05) is 58.3 Å². The van der Waals surface area contributed by atoms with Crippen LogP contribution < -0.4 is 10.2 Å². The van der Waals surface area contributed by atoms with Gasteiger partial charge in [-0.05, 0) is 54.8 Å². The van der Waals surface area contributed by atoms with Crippen molar-refractivity contribution in [1.82, 2.24) is 25.1 Å². The highest BCUT2D eigenvalue weighted by atomic mass is 16.6. The predicted molar refractivity (Wildman–Crippen MR) is 130 cm³/mol. The fraction of sp³-hybridized carbons (Fsp3) is 0.750. The maximum Gasteiger partial charge on any atom is 0.410 e. The molecule has 2 aliphatic heterocycles. The number of piperazine rings is 1. The number of ether oxygens (including phenoxy) is 2. The van der Waals surface area contributed by atoms with Crippen LogP contribution in [0.4, 0.5) is 10.6 Å². The van der Waals surface area contributed by atoms with Gasteiger partial charge in [0.1, 0.15) is 17.5 Å². The van der Waals surface area contributed by atoms with Crippen molar-refractivity contribution in [1.29, 1.82) is 5.26 Å². The summed E-state index contributed by atoms with van der Waals surface area (Å²) in [5.74, 6) is 1.58. The Morgan fingerprint density at radius 1 is 1.32 bits per heavy atom. The predicted octanol–water partition coefficient (Wildman–Crippen LogP) is 2.10. The lowest BCUT2D eigenvalue weighted by atomic mass is 10.0. The molecule has 0 saturated carbocycles. The smallest absolute Gasteiger partial charge is 0.410 e. The summed E-state index contributed by atoms with van der Waals surface area (Å²) in [5.41, 5.74) is 1.56. The molecule has 0 bridgehead atoms. The maximum absolute atomic E-state index is 12.8. The number of nitriles is 1. The molecule has 1 amide bonds. The highest BCUT2D eigenvalue weighted by molar-refractivity contribution is 5.69. The maximum atomic E-state index is 12.8. The van der Waals surface area contributed by atoms with Gasteiger partial charge in [-0.2, -0.15) is 5.26 Å². The average Bonchev–Trinajstić information content (AvgIpc) is 2.76. The molecule has 0 aromatic carbocycles. The van der Waals surface area contributed by atoms with Crippen molar-refractivity contribution >= 4 is 11.9 Å². The van der Waals surface area contributed by atoms with E-state index in [4.69, 9.17) is 19.4 Å². The molecular weight excluding hydrogens is 434 g/mol. The number of fused-ring (bicyclic) bond motifs is 1. The van der Waals surface area contributed by atoms with Gasteiger partial charge in [0.05, 0.1) is 24.2 Å². The number of likely N-dealkylation sites (N-methyl/N-ethyl adjacent to an activating group) is 1. The number of aromatic nitrogens is 2. The largest absolute Gasteiger partial charge is 0.444 e. The average molecular weight is 474 g/mol. The van der Waals surface area contributed by atoms with Crippen molar-refractivity contribution in [3.63, 3.8) is 0 Å². The van der Waals surface area contributed by atoms with Crippen LogP contribution in [0.15, 0.2) is 0 Å². The molecule has 1 unspecified atom stereocenters. The lowest BCUT2D eigenvalue weighted by molar-refractivity contribution is 0.0144. The molecule has 0 aliphatic carbocycles. The van der Waals surface area contributed by atoms with Crippen LogP contribution >= 0.6 is 0 Å². The van der Waals surface area contributed by atoms with Crippen molar-refractivity contribution in [3.05, 3.63) is 17.1 Å². The zero-order valence-electron chi connectivity index (χ0n) is 21.4. The summed E-state index contributed by atoms with van der Waals surface area (Å²) in [6.45, 7) is 12.0. The highest BCUT2D eigenvalue weighted by Gasteiger charge is 2.35. The van der Waals surface area contributed by atoms with Gasteiger partial charge in [-0.1, -0.05) is 0 Å². The minimum absolute atomic E-state index is 0.232. The second-order valence-corrected chi connectivity index (χ2v) is 10.1. The number of hydrogen-bond donors (Lipinski definition) is 1. The third-order valence-corrected chi connectivity index (χ3v) is 5.86. The molecule has 2 aliphatic rings. The summed E-state index contributed by atoms with van der Waals surface area (Å²) in [7, 11) is 4.02. The molecule has 0 radical (unpaired) electrons. The number of rotatable bonds is 7. The number of anilines is 1. The van der Waals surface area contributed by atoms with E-state index in [2.05, 4.69) is 21.2 Å². The Balaban J connectivity index is 1.92. The molecule has 1 N–H and O–H groups in total. The molecule has 1 fully saturated rings. The topological polar surface area (TPSA) is 107 Å². The van der Waals surface area contributed by atoms with Crippen LogP contribution in [0.2, 0.25) is 0 Å². The molecule has 1 aromatic rings. The number of amides is 1. The van der Waals surface area contributed by atoms with Gasteiger partial charge < -0.3 is 29.5 Å². The van der Waals surface area contributed by atoms with Gasteiger partial charge in [0, 0.05) is 44.9 Å². The Hall–Kier alpha value is -2.48. The van der Waals surface area contributed by atoms with E-state index in [0.29, 0.717) is 45.2 Å². The van der Waals surface area contributed by atoms with E-state index in [-0.39, 0.29) is 24.7 Å². The van der Waals surface area contributed by atoms with Gasteiger partial charge in [-0.15, -0.1) is 0 Å². The monoisotopic (exact) mass is 473 g/mol. The van der Waals surface area contributed by atoms with Gasteiger partial charge in [0.15, 0.2) is 5.82 Å². The first-order chi connectivity index (χ1) is 16.1. The van der Waals surface area contributed by atoms with Crippen LogP contribution in [-0.2, 0) is 22.4 Å². The van der Waals surface area contributed by atoms with Gasteiger partial charge in [0.2, 0.25) is 0 Å². The number of nitrogens with one attached hydrogen (secondary N) is 1. The first kappa shape index (κ1) is 26.1. The quantitative estimate of drug-likeness (QED) is 0.637. The molecule has 10 nitrogen and oxygen atoms in total. The van der Waals surface area contributed by atoms with E-state index in [1.807, 2.05) is 41.8 Å². The van der Waals surface area contributed by atoms with Gasteiger partial charge >= 0.3 is 6.09 Å². The summed E-state index contributed by atoms with van der Waals surface area (Å²) >= 11 is 0. The lowest BCUT2D eigenvalue weighted by Crippen LogP contribution is -2.56. The number of hydrogen-bond acceptors (Lipinski definition) is 9. The van der Waals surface area contributed by atoms with Crippen LogP contribution in [0.25, 0.3) is 0 Å². The summed E-state index contributed by atoms with van der Waals surface area (Å²) in [6, 6.07) is 1.97. The first-order valence-corrected chi connectivity index (χ1v) is 12.1. The Kier molecular flexibility index (Phi) is 8.68. The molecule has 34 heavy (non-hydrogen) atoms. The zero-order valence-corrected chi connectivity index (χ0v) is 21.4. The minimum Gasteiger partial charge on any atom is -0.444 e. The van der Waals surface area contributed by atoms with Crippen molar-refractivity contribution < 1.29 is 14.3 Å². The van der Waals surface area contributed by atoms with Gasteiger partial charge in [-0.3, -0.25) is 0 Å². The van der Waals surface area contributed by atoms with Gasteiger partial charge in [-0.25, -0.2) is 14.8 Å². The zero-order chi connectivity index (χ0) is 24.9. The standard InChI is InChI=1S/C24H39N7O3/c1-7-33-20(16-29(5)6)21-27-19-14-26-11-9-18(19)22(28-21)30-12-13-31(17(15-30)8-10-25)23(32)34-24(2,3)4/h17,20,26H,7-9,11-16H2,1-6H3/t17-,20?/m0/s1. The third-order valence-electron chi connectivity index (χ3n) is 5.86. The lowest BCUT2D eigenvalue weighted by Gasteiger charge is -2.42. The third kappa shape index (κ3) is 6.56. The van der Waals surface area contributed by atoms with E-state index in [1.54, 1.807) is 4.90 Å². The SMILES string of the molecule is CCOC(CN(C)C)c1nc2c(c(N3CCN(C(=O)OC(C)(C)C)[C@@H](CC#N)C3)n1)CCNC2. The fourth-order valence-corrected chi connectivity index (χ4v) is 4.39. The summed E-state index contributed by atoms with van der Waals surface area (Å²) < 4.78 is 11.6. The highest BCUT2D eigenvalue weighted by Crippen LogP contribution is 2.29.